The molecule has 24 heavy (non-hydrogen) atoms. The van der Waals surface area contributed by atoms with E-state index in [1.54, 1.807) is 0 Å². The zero-order valence-corrected chi connectivity index (χ0v) is 13.9. The number of imide groups is 1. The van der Waals surface area contributed by atoms with Gasteiger partial charge in [-0.25, -0.2) is 0 Å². The molecule has 0 spiro atoms. The molecule has 0 aromatic heterocycles. The largest absolute Gasteiger partial charge is 0.378 e. The Labute approximate surface area is 141 Å². The van der Waals surface area contributed by atoms with Crippen LogP contribution < -0.4 is 9.80 Å². The van der Waals surface area contributed by atoms with Gasteiger partial charge in [0.15, 0.2) is 0 Å². The van der Waals surface area contributed by atoms with Gasteiger partial charge in [0.25, 0.3) is 0 Å². The third kappa shape index (κ3) is 2.53. The van der Waals surface area contributed by atoms with E-state index in [4.69, 9.17) is 4.74 Å². The maximum Gasteiger partial charge on any atom is 0.238 e. The van der Waals surface area contributed by atoms with Gasteiger partial charge < -0.3 is 9.64 Å². The lowest BCUT2D eigenvalue weighted by Gasteiger charge is -2.29. The number of fused-ring (bicyclic) bond motifs is 1. The molecule has 2 aliphatic heterocycles. The van der Waals surface area contributed by atoms with Gasteiger partial charge in [0.2, 0.25) is 11.8 Å². The lowest BCUT2D eigenvalue weighted by atomic mass is 9.82. The number of rotatable bonds is 2. The van der Waals surface area contributed by atoms with E-state index in [9.17, 15) is 9.59 Å². The van der Waals surface area contributed by atoms with Gasteiger partial charge in [-0.05, 0) is 44.0 Å². The predicted molar refractivity (Wildman–Crippen MR) is 91.9 cm³/mol. The average Bonchev–Trinajstić information content (AvgIpc) is 2.86. The van der Waals surface area contributed by atoms with Crippen molar-refractivity contribution in [2.45, 2.75) is 19.8 Å². The molecule has 2 atom stereocenters. The minimum atomic E-state index is -0.180. The molecule has 126 valence electrons. The lowest BCUT2D eigenvalue weighted by molar-refractivity contribution is -0.122. The van der Waals surface area contributed by atoms with E-state index in [1.807, 2.05) is 31.2 Å². The maximum atomic E-state index is 12.7. The Morgan fingerprint density at radius 2 is 1.58 bits per heavy atom. The number of nitrogens with zero attached hydrogens (tertiary/aromatic N) is 2. The highest BCUT2D eigenvalue weighted by molar-refractivity contribution is 6.22. The van der Waals surface area contributed by atoms with Crippen LogP contribution in [0.1, 0.15) is 19.8 Å². The monoisotopic (exact) mass is 326 g/mol. The van der Waals surface area contributed by atoms with E-state index in [-0.39, 0.29) is 23.7 Å². The van der Waals surface area contributed by atoms with Gasteiger partial charge in [-0.1, -0.05) is 11.6 Å². The van der Waals surface area contributed by atoms with Gasteiger partial charge >= 0.3 is 0 Å². The molecule has 0 radical (unpaired) electrons. The van der Waals surface area contributed by atoms with Gasteiger partial charge in [-0.2, -0.15) is 0 Å². The fraction of sp³-hybridized carbons (Fsp3) is 0.474. The molecule has 2 fully saturated rings. The second kappa shape index (κ2) is 6.06. The molecule has 0 bridgehead atoms. The Kier molecular flexibility index (Phi) is 3.88. The molecule has 2 saturated heterocycles. The average molecular weight is 326 g/mol. The molecule has 1 aromatic rings. The van der Waals surface area contributed by atoms with Crippen molar-refractivity contribution in [2.75, 3.05) is 36.1 Å². The Hall–Kier alpha value is -2.14. The van der Waals surface area contributed by atoms with Gasteiger partial charge in [0.1, 0.15) is 0 Å². The summed E-state index contributed by atoms with van der Waals surface area (Å²) < 4.78 is 5.37. The van der Waals surface area contributed by atoms with Gasteiger partial charge in [-0.15, -0.1) is 0 Å². The van der Waals surface area contributed by atoms with Crippen LogP contribution in [0.5, 0.6) is 0 Å². The van der Waals surface area contributed by atoms with Crippen LogP contribution >= 0.6 is 0 Å². The number of carbonyl (C=O) groups excluding carboxylic acids is 2. The number of allylic oxidation sites excluding steroid dienone is 2. The van der Waals surface area contributed by atoms with Crippen molar-refractivity contribution in [3.63, 3.8) is 0 Å². The number of carbonyl (C=O) groups is 2. The Morgan fingerprint density at radius 3 is 2.29 bits per heavy atom. The molecular weight excluding hydrogens is 304 g/mol. The van der Waals surface area contributed by atoms with Crippen LogP contribution in [0.2, 0.25) is 0 Å². The van der Waals surface area contributed by atoms with E-state index < -0.39 is 0 Å². The molecular formula is C19H22N2O3. The van der Waals surface area contributed by atoms with E-state index >= 15 is 0 Å². The van der Waals surface area contributed by atoms with Crippen LogP contribution in [0, 0.1) is 11.8 Å². The summed E-state index contributed by atoms with van der Waals surface area (Å²) in [5.41, 5.74) is 3.01. The second-order valence-electron chi connectivity index (χ2n) is 6.83. The fourth-order valence-corrected chi connectivity index (χ4v) is 3.93. The molecule has 1 aromatic carbocycles. The molecule has 5 heteroatoms. The molecule has 4 rings (SSSR count). The molecule has 2 heterocycles. The minimum absolute atomic E-state index is 0.0448. The zero-order valence-electron chi connectivity index (χ0n) is 13.9. The molecule has 0 unspecified atom stereocenters. The fourth-order valence-electron chi connectivity index (χ4n) is 3.93. The highest BCUT2D eigenvalue weighted by atomic mass is 16.5. The van der Waals surface area contributed by atoms with Crippen molar-refractivity contribution in [1.29, 1.82) is 0 Å². The minimum Gasteiger partial charge on any atom is -0.378 e. The molecule has 3 aliphatic rings. The molecule has 0 saturated carbocycles. The Bertz CT molecular complexity index is 689. The Morgan fingerprint density at radius 1 is 0.958 bits per heavy atom. The highest BCUT2D eigenvalue weighted by Crippen LogP contribution is 2.40. The third-order valence-corrected chi connectivity index (χ3v) is 5.31. The summed E-state index contributed by atoms with van der Waals surface area (Å²) >= 11 is 0. The zero-order chi connectivity index (χ0) is 16.7. The van der Waals surface area contributed by atoms with E-state index in [0.717, 1.165) is 32.0 Å². The van der Waals surface area contributed by atoms with Crippen molar-refractivity contribution in [3.8, 4) is 0 Å². The molecule has 5 nitrogen and oxygen atoms in total. The SMILES string of the molecule is CC1=CC[C@@H]2C(=O)N(c3ccc(N4CCOCC4)cc3)C(=O)[C@@H]2C1. The van der Waals surface area contributed by atoms with Gasteiger partial charge in [0.05, 0.1) is 30.7 Å². The normalized spacial score (nSPS) is 27.3. The standard InChI is InChI=1S/C19H22N2O3/c1-13-2-7-16-17(12-13)19(23)21(18(16)22)15-5-3-14(4-6-15)20-8-10-24-11-9-20/h2-6,16-17H,7-12H2,1H3/t16-,17+/m0/s1. The summed E-state index contributed by atoms with van der Waals surface area (Å²) in [6, 6.07) is 7.76. The first-order valence-electron chi connectivity index (χ1n) is 8.61. The van der Waals surface area contributed by atoms with Crippen LogP contribution in [-0.2, 0) is 14.3 Å². The number of amides is 2. The van der Waals surface area contributed by atoms with Crippen molar-refractivity contribution in [1.82, 2.24) is 0 Å². The maximum absolute atomic E-state index is 12.7. The van der Waals surface area contributed by atoms with Crippen molar-refractivity contribution >= 4 is 23.2 Å². The molecule has 2 amide bonds. The van der Waals surface area contributed by atoms with Crippen molar-refractivity contribution in [2.24, 2.45) is 11.8 Å². The van der Waals surface area contributed by atoms with Crippen LogP contribution in [-0.4, -0.2) is 38.1 Å². The number of morpholine rings is 1. The van der Waals surface area contributed by atoms with E-state index in [0.29, 0.717) is 18.5 Å². The summed E-state index contributed by atoms with van der Waals surface area (Å²) in [6.45, 7) is 5.25. The van der Waals surface area contributed by atoms with E-state index in [1.165, 1.54) is 10.5 Å². The van der Waals surface area contributed by atoms with Gasteiger partial charge in [-0.3, -0.25) is 14.5 Å². The first-order valence-corrected chi connectivity index (χ1v) is 8.61. The van der Waals surface area contributed by atoms with Crippen LogP contribution in [0.25, 0.3) is 0 Å². The number of hydrogen-bond donors (Lipinski definition) is 0. The Balaban J connectivity index is 1.55. The summed E-state index contributed by atoms with van der Waals surface area (Å²) in [6.07, 6.45) is 3.48. The third-order valence-electron chi connectivity index (χ3n) is 5.31. The van der Waals surface area contributed by atoms with Crippen molar-refractivity contribution < 1.29 is 14.3 Å². The smallest absolute Gasteiger partial charge is 0.238 e. The summed E-state index contributed by atoms with van der Waals surface area (Å²) in [7, 11) is 0. The van der Waals surface area contributed by atoms with Gasteiger partial charge in [0, 0.05) is 18.8 Å². The van der Waals surface area contributed by atoms with E-state index in [2.05, 4.69) is 11.0 Å². The predicted octanol–water partition coefficient (Wildman–Crippen LogP) is 2.37. The number of benzene rings is 1. The van der Waals surface area contributed by atoms with Crippen LogP contribution in [0.15, 0.2) is 35.9 Å². The second-order valence-corrected chi connectivity index (χ2v) is 6.83. The molecule has 1 aliphatic carbocycles. The van der Waals surface area contributed by atoms with Crippen LogP contribution in [0.3, 0.4) is 0 Å². The lowest BCUT2D eigenvalue weighted by Crippen LogP contribution is -2.36. The topological polar surface area (TPSA) is 49.9 Å². The van der Waals surface area contributed by atoms with Crippen molar-refractivity contribution in [3.05, 3.63) is 35.9 Å². The summed E-state index contributed by atoms with van der Waals surface area (Å²) in [5, 5.41) is 0. The first kappa shape index (κ1) is 15.4. The number of anilines is 2. The van der Waals surface area contributed by atoms with Crippen LogP contribution in [0.4, 0.5) is 11.4 Å². The highest BCUT2D eigenvalue weighted by Gasteiger charge is 2.48. The number of hydrogen-bond acceptors (Lipinski definition) is 4. The quantitative estimate of drug-likeness (QED) is 0.618. The first-order chi connectivity index (χ1) is 11.6. The summed E-state index contributed by atoms with van der Waals surface area (Å²) in [4.78, 5) is 29.1. The molecule has 0 N–H and O–H groups in total. The number of ether oxygens (including phenoxy) is 1. The summed E-state index contributed by atoms with van der Waals surface area (Å²) in [5.74, 6) is -0.453.